The Bertz CT molecular complexity index is 355. The van der Waals surface area contributed by atoms with Gasteiger partial charge >= 0.3 is 0 Å². The fourth-order valence-corrected chi connectivity index (χ4v) is 4.19. The second-order valence-electron chi connectivity index (χ2n) is 6.81. The van der Waals surface area contributed by atoms with E-state index in [1.54, 1.807) is 11.3 Å². The molecule has 1 aliphatic rings. The van der Waals surface area contributed by atoms with Crippen molar-refractivity contribution in [3.05, 3.63) is 22.4 Å². The monoisotopic (exact) mass is 265 g/mol. The summed E-state index contributed by atoms with van der Waals surface area (Å²) in [5.41, 5.74) is 8.27. The van der Waals surface area contributed by atoms with E-state index in [2.05, 4.69) is 37.6 Å². The van der Waals surface area contributed by atoms with E-state index >= 15 is 0 Å². The molecule has 3 unspecified atom stereocenters. The van der Waals surface area contributed by atoms with E-state index in [0.717, 1.165) is 5.92 Å². The van der Waals surface area contributed by atoms with E-state index in [9.17, 15) is 0 Å². The molecule has 3 atom stereocenters. The Balaban J connectivity index is 1.93. The van der Waals surface area contributed by atoms with E-state index in [-0.39, 0.29) is 0 Å². The highest BCUT2D eigenvalue weighted by Gasteiger charge is 2.36. The van der Waals surface area contributed by atoms with E-state index in [1.807, 2.05) is 0 Å². The number of aryl methyl sites for hydroxylation is 1. The number of hydrogen-bond acceptors (Lipinski definition) is 2. The van der Waals surface area contributed by atoms with Gasteiger partial charge in [-0.15, -0.1) is 0 Å². The van der Waals surface area contributed by atoms with Crippen molar-refractivity contribution in [2.75, 3.05) is 0 Å². The molecule has 1 nitrogen and oxygen atoms in total. The van der Waals surface area contributed by atoms with Gasteiger partial charge in [-0.2, -0.15) is 11.3 Å². The molecule has 1 aromatic rings. The molecule has 2 heteroatoms. The number of rotatable bonds is 4. The minimum atomic E-state index is 0.376. The van der Waals surface area contributed by atoms with Crippen LogP contribution < -0.4 is 5.73 Å². The Labute approximate surface area is 116 Å². The molecule has 1 aliphatic carbocycles. The van der Waals surface area contributed by atoms with Gasteiger partial charge in [0.15, 0.2) is 0 Å². The predicted molar refractivity (Wildman–Crippen MR) is 80.9 cm³/mol. The van der Waals surface area contributed by atoms with Gasteiger partial charge in [0.2, 0.25) is 0 Å². The average molecular weight is 265 g/mol. The van der Waals surface area contributed by atoms with Crippen molar-refractivity contribution < 1.29 is 0 Å². The first-order valence-corrected chi connectivity index (χ1v) is 8.20. The average Bonchev–Trinajstić information content (AvgIpc) is 2.78. The highest BCUT2D eigenvalue weighted by Crippen LogP contribution is 2.42. The molecular formula is C16H27NS. The van der Waals surface area contributed by atoms with Crippen molar-refractivity contribution in [2.24, 2.45) is 23.0 Å². The number of thiophene rings is 1. The third kappa shape index (κ3) is 3.36. The summed E-state index contributed by atoms with van der Waals surface area (Å²) in [5, 5.41) is 4.45. The maximum absolute atomic E-state index is 6.41. The maximum atomic E-state index is 6.41. The van der Waals surface area contributed by atoms with Gasteiger partial charge in [-0.05, 0) is 65.3 Å². The Kier molecular flexibility index (Phi) is 4.50. The molecular weight excluding hydrogens is 238 g/mol. The molecule has 18 heavy (non-hydrogen) atoms. The first-order valence-electron chi connectivity index (χ1n) is 7.25. The van der Waals surface area contributed by atoms with Gasteiger partial charge < -0.3 is 5.73 Å². The summed E-state index contributed by atoms with van der Waals surface area (Å²) in [6, 6.07) is 2.66. The van der Waals surface area contributed by atoms with E-state index in [1.165, 1.54) is 37.7 Å². The van der Waals surface area contributed by atoms with E-state index in [0.29, 0.717) is 17.4 Å². The molecule has 0 bridgehead atoms. The van der Waals surface area contributed by atoms with Crippen LogP contribution in [0.4, 0.5) is 0 Å². The molecule has 0 aromatic carbocycles. The quantitative estimate of drug-likeness (QED) is 0.854. The molecule has 1 fully saturated rings. The highest BCUT2D eigenvalue weighted by molar-refractivity contribution is 7.07. The molecule has 0 spiro atoms. The fraction of sp³-hybridized carbons (Fsp3) is 0.750. The minimum Gasteiger partial charge on any atom is -0.327 e. The van der Waals surface area contributed by atoms with Crippen LogP contribution in [0.1, 0.15) is 52.0 Å². The summed E-state index contributed by atoms with van der Waals surface area (Å²) in [6.07, 6.45) is 6.36. The van der Waals surface area contributed by atoms with Crippen LogP contribution >= 0.6 is 11.3 Å². The van der Waals surface area contributed by atoms with Gasteiger partial charge in [0.25, 0.3) is 0 Å². The van der Waals surface area contributed by atoms with Gasteiger partial charge in [0.05, 0.1) is 0 Å². The zero-order chi connectivity index (χ0) is 13.2. The minimum absolute atomic E-state index is 0.376. The van der Waals surface area contributed by atoms with Crippen LogP contribution in [-0.4, -0.2) is 6.04 Å². The van der Waals surface area contributed by atoms with Gasteiger partial charge in [-0.3, -0.25) is 0 Å². The smallest absolute Gasteiger partial charge is 0.00747 e. The summed E-state index contributed by atoms with van der Waals surface area (Å²) in [5.74, 6) is 1.52. The lowest BCUT2D eigenvalue weighted by Crippen LogP contribution is -2.43. The van der Waals surface area contributed by atoms with Crippen molar-refractivity contribution in [1.29, 1.82) is 0 Å². The zero-order valence-electron chi connectivity index (χ0n) is 12.0. The largest absolute Gasteiger partial charge is 0.327 e. The molecule has 1 saturated carbocycles. The first-order chi connectivity index (χ1) is 8.49. The number of nitrogens with two attached hydrogens (primary N) is 1. The van der Waals surface area contributed by atoms with Crippen molar-refractivity contribution >= 4 is 11.3 Å². The molecule has 102 valence electrons. The van der Waals surface area contributed by atoms with Crippen LogP contribution in [0.2, 0.25) is 0 Å². The third-order valence-electron chi connectivity index (χ3n) is 4.80. The highest BCUT2D eigenvalue weighted by atomic mass is 32.1. The Morgan fingerprint density at radius 1 is 1.39 bits per heavy atom. The molecule has 1 aromatic heterocycles. The summed E-state index contributed by atoms with van der Waals surface area (Å²) >= 11 is 1.80. The Morgan fingerprint density at radius 2 is 2.17 bits per heavy atom. The molecule has 0 aliphatic heterocycles. The SMILES string of the molecule is CC1CCC(C(C)(C)CCc2ccsc2)C(N)C1. The summed E-state index contributed by atoms with van der Waals surface area (Å²) in [6.45, 7) is 7.17. The second-order valence-corrected chi connectivity index (χ2v) is 7.59. The lowest BCUT2D eigenvalue weighted by molar-refractivity contribution is 0.105. The summed E-state index contributed by atoms with van der Waals surface area (Å²) in [7, 11) is 0. The molecule has 0 amide bonds. The molecule has 2 N–H and O–H groups in total. The Hall–Kier alpha value is -0.340. The van der Waals surface area contributed by atoms with Crippen molar-refractivity contribution in [3.8, 4) is 0 Å². The van der Waals surface area contributed by atoms with Gasteiger partial charge in [0.1, 0.15) is 0 Å². The van der Waals surface area contributed by atoms with Crippen LogP contribution in [0.25, 0.3) is 0 Å². The first kappa shape index (κ1) is 14.1. The maximum Gasteiger partial charge on any atom is 0.00747 e. The molecule has 0 saturated heterocycles. The second kappa shape index (κ2) is 5.75. The van der Waals surface area contributed by atoms with Crippen LogP contribution in [-0.2, 0) is 6.42 Å². The van der Waals surface area contributed by atoms with E-state index in [4.69, 9.17) is 5.73 Å². The lowest BCUT2D eigenvalue weighted by Gasteiger charge is -2.43. The van der Waals surface area contributed by atoms with Crippen LogP contribution in [0, 0.1) is 17.3 Å². The van der Waals surface area contributed by atoms with Crippen molar-refractivity contribution in [2.45, 2.75) is 58.9 Å². The normalized spacial score (nSPS) is 29.4. The third-order valence-corrected chi connectivity index (χ3v) is 5.54. The van der Waals surface area contributed by atoms with Gasteiger partial charge in [-0.25, -0.2) is 0 Å². The molecule has 1 heterocycles. The topological polar surface area (TPSA) is 26.0 Å². The van der Waals surface area contributed by atoms with Crippen LogP contribution in [0.5, 0.6) is 0 Å². The van der Waals surface area contributed by atoms with Crippen LogP contribution in [0.3, 0.4) is 0 Å². The van der Waals surface area contributed by atoms with Crippen molar-refractivity contribution in [3.63, 3.8) is 0 Å². The molecule has 0 radical (unpaired) electrons. The van der Waals surface area contributed by atoms with Crippen LogP contribution in [0.15, 0.2) is 16.8 Å². The molecule has 2 rings (SSSR count). The lowest BCUT2D eigenvalue weighted by atomic mass is 9.65. The van der Waals surface area contributed by atoms with Gasteiger partial charge in [-0.1, -0.05) is 27.2 Å². The fourth-order valence-electron chi connectivity index (χ4n) is 3.48. The summed E-state index contributed by atoms with van der Waals surface area (Å²) in [4.78, 5) is 0. The number of hydrogen-bond donors (Lipinski definition) is 1. The summed E-state index contributed by atoms with van der Waals surface area (Å²) < 4.78 is 0. The van der Waals surface area contributed by atoms with Gasteiger partial charge in [0, 0.05) is 6.04 Å². The predicted octanol–water partition coefficient (Wildman–Crippen LogP) is 4.47. The standard InChI is InChI=1S/C16H27NS/c1-12-4-5-14(15(17)10-12)16(2,3)8-6-13-7-9-18-11-13/h7,9,11-12,14-15H,4-6,8,10,17H2,1-3H3. The van der Waals surface area contributed by atoms with E-state index < -0.39 is 0 Å². The van der Waals surface area contributed by atoms with Crippen molar-refractivity contribution in [1.82, 2.24) is 0 Å². The zero-order valence-corrected chi connectivity index (χ0v) is 12.8. The Morgan fingerprint density at radius 3 is 2.78 bits per heavy atom.